The molecule has 0 saturated carbocycles. The van der Waals surface area contributed by atoms with E-state index in [-0.39, 0.29) is 16.6 Å². The van der Waals surface area contributed by atoms with Crippen molar-refractivity contribution in [2.24, 2.45) is 0 Å². The van der Waals surface area contributed by atoms with Crippen LogP contribution < -0.4 is 11.2 Å². The molecular weight excluding hydrogens is 332 g/mol. The Morgan fingerprint density at radius 1 is 1.19 bits per heavy atom. The van der Waals surface area contributed by atoms with Crippen molar-refractivity contribution >= 4 is 23.2 Å². The summed E-state index contributed by atoms with van der Waals surface area (Å²) in [4.78, 5) is 24.9. The van der Waals surface area contributed by atoms with E-state index in [4.69, 9.17) is 23.2 Å². The maximum Gasteiger partial charge on any atom is 0.431 e. The van der Waals surface area contributed by atoms with Gasteiger partial charge in [0.1, 0.15) is 5.69 Å². The van der Waals surface area contributed by atoms with Gasteiger partial charge in [0.2, 0.25) is 0 Å². The third-order valence-corrected chi connectivity index (χ3v) is 3.54. The number of aromatic amines is 1. The Balaban J connectivity index is 2.50. The zero-order valence-corrected chi connectivity index (χ0v) is 11.7. The molecule has 1 N–H and O–H groups in total. The maximum absolute atomic E-state index is 12.5. The molecule has 9 heteroatoms. The van der Waals surface area contributed by atoms with Crippen molar-refractivity contribution < 1.29 is 13.2 Å². The van der Waals surface area contributed by atoms with E-state index in [0.717, 1.165) is 0 Å². The van der Waals surface area contributed by atoms with Gasteiger partial charge in [-0.2, -0.15) is 13.2 Å². The molecule has 0 amide bonds. The van der Waals surface area contributed by atoms with Crippen LogP contribution >= 0.6 is 23.2 Å². The number of alkyl halides is 3. The Morgan fingerprint density at radius 3 is 2.43 bits per heavy atom. The first-order valence-electron chi connectivity index (χ1n) is 5.54. The van der Waals surface area contributed by atoms with Crippen LogP contribution in [-0.4, -0.2) is 9.55 Å². The van der Waals surface area contributed by atoms with Gasteiger partial charge in [0.05, 0.1) is 16.6 Å². The molecule has 0 atom stereocenters. The molecule has 0 aliphatic rings. The Kier molecular flexibility index (Phi) is 4.15. The Bertz CT molecular complexity index is 765. The van der Waals surface area contributed by atoms with E-state index in [2.05, 4.69) is 0 Å². The van der Waals surface area contributed by atoms with Gasteiger partial charge in [-0.3, -0.25) is 9.36 Å². The zero-order chi connectivity index (χ0) is 15.8. The number of halogens is 5. The molecule has 0 bridgehead atoms. The first kappa shape index (κ1) is 15.7. The van der Waals surface area contributed by atoms with E-state index >= 15 is 0 Å². The summed E-state index contributed by atoms with van der Waals surface area (Å²) in [5.41, 5.74) is -3.31. The van der Waals surface area contributed by atoms with Crippen LogP contribution in [0.25, 0.3) is 0 Å². The monoisotopic (exact) mass is 338 g/mol. The van der Waals surface area contributed by atoms with Crippen LogP contribution in [0.4, 0.5) is 13.2 Å². The van der Waals surface area contributed by atoms with Crippen LogP contribution in [0.5, 0.6) is 0 Å². The molecule has 4 nitrogen and oxygen atoms in total. The molecule has 21 heavy (non-hydrogen) atoms. The fourth-order valence-corrected chi connectivity index (χ4v) is 2.04. The minimum atomic E-state index is -4.80. The molecule has 0 fully saturated rings. The van der Waals surface area contributed by atoms with Gasteiger partial charge < -0.3 is 4.98 Å². The number of nitrogens with zero attached hydrogens (tertiary/aromatic N) is 1. The fraction of sp³-hybridized carbons (Fsp3) is 0.167. The van der Waals surface area contributed by atoms with Gasteiger partial charge in [-0.15, -0.1) is 0 Å². The first-order chi connectivity index (χ1) is 9.70. The molecule has 0 saturated heterocycles. The highest BCUT2D eigenvalue weighted by atomic mass is 35.5. The predicted molar refractivity (Wildman–Crippen MR) is 71.9 cm³/mol. The molecule has 0 aliphatic carbocycles. The summed E-state index contributed by atoms with van der Waals surface area (Å²) >= 11 is 11.7. The highest BCUT2D eigenvalue weighted by Crippen LogP contribution is 2.26. The predicted octanol–water partition coefficient (Wildman–Crippen LogP) is 2.91. The summed E-state index contributed by atoms with van der Waals surface area (Å²) in [6, 6.07) is 4.89. The van der Waals surface area contributed by atoms with E-state index in [1.807, 2.05) is 0 Å². The van der Waals surface area contributed by atoms with Crippen molar-refractivity contribution in [3.05, 3.63) is 66.4 Å². The molecule has 0 spiro atoms. The van der Waals surface area contributed by atoms with E-state index in [9.17, 15) is 22.8 Å². The minimum Gasteiger partial charge on any atom is -0.303 e. The second kappa shape index (κ2) is 5.57. The highest BCUT2D eigenvalue weighted by Gasteiger charge is 2.32. The van der Waals surface area contributed by atoms with E-state index in [0.29, 0.717) is 16.2 Å². The van der Waals surface area contributed by atoms with Crippen molar-refractivity contribution in [2.75, 3.05) is 0 Å². The average molecular weight is 339 g/mol. The lowest BCUT2D eigenvalue weighted by molar-refractivity contribution is -0.141. The van der Waals surface area contributed by atoms with Crippen LogP contribution in [0.2, 0.25) is 10.0 Å². The quantitative estimate of drug-likeness (QED) is 0.915. The van der Waals surface area contributed by atoms with Crippen molar-refractivity contribution in [2.45, 2.75) is 12.7 Å². The molecule has 2 aromatic rings. The molecule has 112 valence electrons. The molecule has 1 heterocycles. The average Bonchev–Trinajstić information content (AvgIpc) is 2.37. The zero-order valence-electron chi connectivity index (χ0n) is 10.2. The number of H-pyrrole nitrogens is 1. The van der Waals surface area contributed by atoms with Gasteiger partial charge in [-0.25, -0.2) is 4.79 Å². The number of aromatic nitrogens is 2. The van der Waals surface area contributed by atoms with Gasteiger partial charge in [0.25, 0.3) is 5.56 Å². The Morgan fingerprint density at radius 2 is 1.86 bits per heavy atom. The maximum atomic E-state index is 12.5. The van der Waals surface area contributed by atoms with Crippen LogP contribution in [0.3, 0.4) is 0 Å². The van der Waals surface area contributed by atoms with Crippen LogP contribution in [0.1, 0.15) is 11.3 Å². The molecule has 0 aliphatic heterocycles. The van der Waals surface area contributed by atoms with Crippen LogP contribution in [0.15, 0.2) is 33.9 Å². The molecule has 0 unspecified atom stereocenters. The van der Waals surface area contributed by atoms with Crippen molar-refractivity contribution in [1.82, 2.24) is 9.55 Å². The molecule has 1 aromatic heterocycles. The number of nitrogens with one attached hydrogen (secondary N) is 1. The number of benzene rings is 1. The number of hydrogen-bond donors (Lipinski definition) is 1. The standard InChI is InChI=1S/C12H7Cl2F3N2O2/c13-7-3-1-2-6(10(7)14)5-19-9(20)4-8(12(15,16)17)18-11(19)21/h1-4H,5H2,(H,18,21). The van der Waals surface area contributed by atoms with E-state index in [1.165, 1.54) is 12.1 Å². The van der Waals surface area contributed by atoms with Crippen molar-refractivity contribution in [3.63, 3.8) is 0 Å². The van der Waals surface area contributed by atoms with Crippen LogP contribution in [-0.2, 0) is 12.7 Å². The Hall–Kier alpha value is -1.73. The van der Waals surface area contributed by atoms with Gasteiger partial charge in [0, 0.05) is 6.07 Å². The molecular formula is C12H7Cl2F3N2O2. The second-order valence-electron chi connectivity index (χ2n) is 4.12. The first-order valence-corrected chi connectivity index (χ1v) is 6.30. The highest BCUT2D eigenvalue weighted by molar-refractivity contribution is 6.42. The third kappa shape index (κ3) is 3.30. The normalized spacial score (nSPS) is 11.7. The summed E-state index contributed by atoms with van der Waals surface area (Å²) in [7, 11) is 0. The molecule has 0 radical (unpaired) electrons. The van der Waals surface area contributed by atoms with Gasteiger partial charge >= 0.3 is 11.9 Å². The number of hydrogen-bond acceptors (Lipinski definition) is 2. The fourth-order valence-electron chi connectivity index (χ4n) is 1.66. The lowest BCUT2D eigenvalue weighted by Gasteiger charge is -2.10. The van der Waals surface area contributed by atoms with E-state index in [1.54, 1.807) is 11.1 Å². The summed E-state index contributed by atoms with van der Waals surface area (Å²) in [5.74, 6) is 0. The summed E-state index contributed by atoms with van der Waals surface area (Å²) < 4.78 is 38.0. The smallest absolute Gasteiger partial charge is 0.303 e. The van der Waals surface area contributed by atoms with Crippen LogP contribution in [0, 0.1) is 0 Å². The number of rotatable bonds is 2. The lowest BCUT2D eigenvalue weighted by Crippen LogP contribution is -2.37. The van der Waals surface area contributed by atoms with Crippen molar-refractivity contribution in [3.8, 4) is 0 Å². The third-order valence-electron chi connectivity index (χ3n) is 2.69. The van der Waals surface area contributed by atoms with Gasteiger partial charge in [-0.05, 0) is 11.6 Å². The molecule has 1 aromatic carbocycles. The minimum absolute atomic E-state index is 0.130. The molecule has 2 rings (SSSR count). The summed E-state index contributed by atoms with van der Waals surface area (Å²) in [6.07, 6.45) is -4.80. The largest absolute Gasteiger partial charge is 0.431 e. The topological polar surface area (TPSA) is 54.9 Å². The summed E-state index contributed by atoms with van der Waals surface area (Å²) in [6.45, 7) is -0.286. The summed E-state index contributed by atoms with van der Waals surface area (Å²) in [5, 5.41) is 0.343. The van der Waals surface area contributed by atoms with Crippen molar-refractivity contribution in [1.29, 1.82) is 0 Å². The Labute approximate surface area is 125 Å². The van der Waals surface area contributed by atoms with Gasteiger partial charge in [-0.1, -0.05) is 35.3 Å². The van der Waals surface area contributed by atoms with Gasteiger partial charge in [0.15, 0.2) is 0 Å². The lowest BCUT2D eigenvalue weighted by atomic mass is 10.2. The van der Waals surface area contributed by atoms with E-state index < -0.39 is 23.1 Å². The second-order valence-corrected chi connectivity index (χ2v) is 4.91. The SMILES string of the molecule is O=c1cc(C(F)(F)F)[nH]c(=O)n1Cc1cccc(Cl)c1Cl.